The van der Waals surface area contributed by atoms with Crippen molar-refractivity contribution in [3.8, 4) is 0 Å². The largest absolute Gasteiger partial charge is 0.390 e. The van der Waals surface area contributed by atoms with Crippen LogP contribution < -0.4 is 5.73 Å². The van der Waals surface area contributed by atoms with Crippen LogP contribution in [0, 0.1) is 0 Å². The number of hydrogen-bond donors (Lipinski definition) is 2. The SMILES string of the molecule is CC1(C)OC2C(O)C[C@H](N)C2O1. The molecule has 1 heterocycles. The van der Waals surface area contributed by atoms with Crippen LogP contribution in [0.4, 0.5) is 0 Å². The Bertz CT molecular complexity index is 177. The van der Waals surface area contributed by atoms with Gasteiger partial charge in [0.25, 0.3) is 0 Å². The molecule has 0 spiro atoms. The van der Waals surface area contributed by atoms with E-state index in [4.69, 9.17) is 15.2 Å². The number of aliphatic hydroxyl groups excluding tert-OH is 1. The summed E-state index contributed by atoms with van der Waals surface area (Å²) in [5, 5.41) is 9.52. The maximum absolute atomic E-state index is 9.52. The Morgan fingerprint density at radius 2 is 1.92 bits per heavy atom. The maximum Gasteiger partial charge on any atom is 0.163 e. The van der Waals surface area contributed by atoms with E-state index >= 15 is 0 Å². The van der Waals surface area contributed by atoms with E-state index in [2.05, 4.69) is 0 Å². The summed E-state index contributed by atoms with van der Waals surface area (Å²) in [6, 6.07) is -0.0909. The highest BCUT2D eigenvalue weighted by Gasteiger charge is 2.52. The third kappa shape index (κ3) is 1.15. The lowest BCUT2D eigenvalue weighted by atomic mass is 10.2. The summed E-state index contributed by atoms with van der Waals surface area (Å²) < 4.78 is 11.1. The normalized spacial score (nSPS) is 51.0. The molecule has 3 unspecified atom stereocenters. The van der Waals surface area contributed by atoms with Gasteiger partial charge in [-0.05, 0) is 20.3 Å². The number of rotatable bonds is 0. The van der Waals surface area contributed by atoms with Gasteiger partial charge in [0.2, 0.25) is 0 Å². The van der Waals surface area contributed by atoms with Crippen molar-refractivity contribution >= 4 is 0 Å². The lowest BCUT2D eigenvalue weighted by molar-refractivity contribution is -0.163. The fourth-order valence-electron chi connectivity index (χ4n) is 1.99. The highest BCUT2D eigenvalue weighted by molar-refractivity contribution is 5.00. The van der Waals surface area contributed by atoms with Crippen LogP contribution in [-0.4, -0.2) is 35.2 Å². The summed E-state index contributed by atoms with van der Waals surface area (Å²) in [4.78, 5) is 0. The minimum absolute atomic E-state index is 0.0909. The fourth-order valence-corrected chi connectivity index (χ4v) is 1.99. The predicted octanol–water partition coefficient (Wildman–Crippen LogP) is -0.402. The average Bonchev–Trinajstić information content (AvgIpc) is 2.34. The van der Waals surface area contributed by atoms with Gasteiger partial charge in [-0.3, -0.25) is 0 Å². The van der Waals surface area contributed by atoms with Crippen molar-refractivity contribution in [2.75, 3.05) is 0 Å². The molecule has 4 heteroatoms. The summed E-state index contributed by atoms with van der Waals surface area (Å²) in [7, 11) is 0. The third-order valence-electron chi connectivity index (χ3n) is 2.48. The summed E-state index contributed by atoms with van der Waals surface area (Å²) in [6.45, 7) is 3.68. The van der Waals surface area contributed by atoms with E-state index in [1.165, 1.54) is 0 Å². The molecule has 3 N–H and O–H groups in total. The lowest BCUT2D eigenvalue weighted by Crippen LogP contribution is -2.35. The Morgan fingerprint density at radius 1 is 1.33 bits per heavy atom. The van der Waals surface area contributed by atoms with Crippen molar-refractivity contribution < 1.29 is 14.6 Å². The molecular formula is C8H15NO3. The Labute approximate surface area is 71.6 Å². The average molecular weight is 173 g/mol. The molecule has 2 rings (SSSR count). The molecule has 0 amide bonds. The van der Waals surface area contributed by atoms with Gasteiger partial charge in [-0.25, -0.2) is 0 Å². The highest BCUT2D eigenvalue weighted by Crippen LogP contribution is 2.37. The number of fused-ring (bicyclic) bond motifs is 1. The molecular weight excluding hydrogens is 158 g/mol. The molecule has 1 saturated heterocycles. The van der Waals surface area contributed by atoms with E-state index < -0.39 is 11.9 Å². The Morgan fingerprint density at radius 3 is 2.50 bits per heavy atom. The van der Waals surface area contributed by atoms with Crippen LogP contribution in [0.2, 0.25) is 0 Å². The number of ether oxygens (including phenoxy) is 2. The topological polar surface area (TPSA) is 64.7 Å². The van der Waals surface area contributed by atoms with Crippen LogP contribution >= 0.6 is 0 Å². The molecule has 70 valence electrons. The standard InChI is InChI=1S/C8H15NO3/c1-8(2)11-6-4(9)3-5(10)7(6)12-8/h4-7,10H,3,9H2,1-2H3/t4-,5?,6?,7?/m0/s1. The Balaban J connectivity index is 2.15. The molecule has 1 saturated carbocycles. The van der Waals surface area contributed by atoms with Crippen LogP contribution in [0.1, 0.15) is 20.3 Å². The van der Waals surface area contributed by atoms with Crippen LogP contribution in [0.15, 0.2) is 0 Å². The molecule has 1 aliphatic heterocycles. The van der Waals surface area contributed by atoms with Crippen LogP contribution in [0.25, 0.3) is 0 Å². The van der Waals surface area contributed by atoms with Crippen molar-refractivity contribution in [1.29, 1.82) is 0 Å². The van der Waals surface area contributed by atoms with Gasteiger partial charge < -0.3 is 20.3 Å². The lowest BCUT2D eigenvalue weighted by Gasteiger charge is -2.20. The van der Waals surface area contributed by atoms with E-state index in [0.29, 0.717) is 6.42 Å². The molecule has 4 atom stereocenters. The molecule has 4 nitrogen and oxygen atoms in total. The van der Waals surface area contributed by atoms with E-state index in [-0.39, 0.29) is 18.2 Å². The second-order valence-electron chi connectivity index (χ2n) is 4.03. The summed E-state index contributed by atoms with van der Waals surface area (Å²) in [6.07, 6.45) is -0.248. The summed E-state index contributed by atoms with van der Waals surface area (Å²) in [5.41, 5.74) is 5.77. The van der Waals surface area contributed by atoms with E-state index in [9.17, 15) is 5.11 Å². The first-order valence-electron chi connectivity index (χ1n) is 4.29. The van der Waals surface area contributed by atoms with Crippen LogP contribution in [-0.2, 0) is 9.47 Å². The van der Waals surface area contributed by atoms with Gasteiger partial charge >= 0.3 is 0 Å². The van der Waals surface area contributed by atoms with Gasteiger partial charge in [0.05, 0.1) is 6.10 Å². The van der Waals surface area contributed by atoms with Crippen molar-refractivity contribution in [1.82, 2.24) is 0 Å². The van der Waals surface area contributed by atoms with Gasteiger partial charge in [-0.2, -0.15) is 0 Å². The maximum atomic E-state index is 9.52. The predicted molar refractivity (Wildman–Crippen MR) is 42.4 cm³/mol. The number of aliphatic hydroxyl groups is 1. The molecule has 0 aromatic rings. The fraction of sp³-hybridized carbons (Fsp3) is 1.00. The van der Waals surface area contributed by atoms with Crippen molar-refractivity contribution in [2.24, 2.45) is 5.73 Å². The molecule has 0 radical (unpaired) electrons. The first-order chi connectivity index (χ1) is 5.49. The molecule has 0 aromatic carbocycles. The minimum Gasteiger partial charge on any atom is -0.390 e. The smallest absolute Gasteiger partial charge is 0.163 e. The third-order valence-corrected chi connectivity index (χ3v) is 2.48. The zero-order valence-corrected chi connectivity index (χ0v) is 7.36. The van der Waals surface area contributed by atoms with E-state index in [0.717, 1.165) is 0 Å². The number of hydrogen-bond acceptors (Lipinski definition) is 4. The first-order valence-corrected chi connectivity index (χ1v) is 4.29. The number of nitrogens with two attached hydrogens (primary N) is 1. The van der Waals surface area contributed by atoms with Gasteiger partial charge in [0.1, 0.15) is 12.2 Å². The second-order valence-corrected chi connectivity index (χ2v) is 4.03. The summed E-state index contributed by atoms with van der Waals surface area (Å²) in [5.74, 6) is -0.589. The highest BCUT2D eigenvalue weighted by atomic mass is 16.8. The zero-order valence-electron chi connectivity index (χ0n) is 7.36. The quantitative estimate of drug-likeness (QED) is 0.523. The van der Waals surface area contributed by atoms with Crippen molar-refractivity contribution in [2.45, 2.75) is 50.4 Å². The molecule has 0 bridgehead atoms. The van der Waals surface area contributed by atoms with E-state index in [1.807, 2.05) is 13.8 Å². The van der Waals surface area contributed by atoms with Crippen molar-refractivity contribution in [3.05, 3.63) is 0 Å². The Hall–Kier alpha value is -0.160. The van der Waals surface area contributed by atoms with Gasteiger partial charge in [0.15, 0.2) is 5.79 Å². The molecule has 2 fully saturated rings. The molecule has 12 heavy (non-hydrogen) atoms. The monoisotopic (exact) mass is 173 g/mol. The summed E-state index contributed by atoms with van der Waals surface area (Å²) >= 11 is 0. The minimum atomic E-state index is -0.589. The Kier molecular flexibility index (Phi) is 1.70. The van der Waals surface area contributed by atoms with Crippen LogP contribution in [0.5, 0.6) is 0 Å². The first kappa shape index (κ1) is 8.44. The van der Waals surface area contributed by atoms with Gasteiger partial charge in [-0.1, -0.05) is 0 Å². The zero-order chi connectivity index (χ0) is 8.93. The van der Waals surface area contributed by atoms with Gasteiger partial charge in [-0.15, -0.1) is 0 Å². The molecule has 1 aliphatic carbocycles. The molecule has 0 aromatic heterocycles. The molecule has 2 aliphatic rings. The van der Waals surface area contributed by atoms with Crippen LogP contribution in [0.3, 0.4) is 0 Å². The van der Waals surface area contributed by atoms with E-state index in [1.54, 1.807) is 0 Å². The second kappa shape index (κ2) is 2.42. The van der Waals surface area contributed by atoms with Crippen molar-refractivity contribution in [3.63, 3.8) is 0 Å². The van der Waals surface area contributed by atoms with Gasteiger partial charge in [0, 0.05) is 6.04 Å².